The van der Waals surface area contributed by atoms with Gasteiger partial charge in [0.05, 0.1) is 16.4 Å². The third-order valence-corrected chi connectivity index (χ3v) is 6.93. The molecular formula is C23H29N3O3S. The minimum atomic E-state index is -0.558. The SMILES string of the molecule is CCC1Oc2ccc(-c3csc(C)n3)cc2N(CC(=O)N(C)C2CCCCC2)C1=O. The summed E-state index contributed by atoms with van der Waals surface area (Å²) in [6.07, 6.45) is 5.66. The van der Waals surface area contributed by atoms with E-state index in [1.165, 1.54) is 6.42 Å². The molecule has 1 atom stereocenters. The van der Waals surface area contributed by atoms with Gasteiger partial charge in [-0.2, -0.15) is 0 Å². The first-order valence-electron chi connectivity index (χ1n) is 10.8. The number of hydrogen-bond acceptors (Lipinski definition) is 5. The van der Waals surface area contributed by atoms with Gasteiger partial charge in [-0.1, -0.05) is 26.2 Å². The van der Waals surface area contributed by atoms with Crippen LogP contribution in [0.1, 0.15) is 50.5 Å². The van der Waals surface area contributed by atoms with Crippen molar-refractivity contribution in [2.24, 2.45) is 0 Å². The van der Waals surface area contributed by atoms with E-state index in [0.717, 1.165) is 41.9 Å². The summed E-state index contributed by atoms with van der Waals surface area (Å²) in [7, 11) is 1.87. The number of benzene rings is 1. The summed E-state index contributed by atoms with van der Waals surface area (Å²) >= 11 is 1.59. The zero-order valence-corrected chi connectivity index (χ0v) is 18.7. The van der Waals surface area contributed by atoms with Crippen LogP contribution in [0.2, 0.25) is 0 Å². The summed E-state index contributed by atoms with van der Waals surface area (Å²) in [4.78, 5) is 34.2. The van der Waals surface area contributed by atoms with Gasteiger partial charge in [0.15, 0.2) is 6.10 Å². The van der Waals surface area contributed by atoms with Crippen LogP contribution in [0.15, 0.2) is 23.6 Å². The van der Waals surface area contributed by atoms with E-state index in [0.29, 0.717) is 17.9 Å². The number of anilines is 1. The molecule has 160 valence electrons. The number of carbonyl (C=O) groups is 2. The number of thiazole rings is 1. The molecule has 2 heterocycles. The smallest absolute Gasteiger partial charge is 0.268 e. The highest BCUT2D eigenvalue weighted by Crippen LogP contribution is 2.38. The van der Waals surface area contributed by atoms with Crippen LogP contribution in [0.3, 0.4) is 0 Å². The van der Waals surface area contributed by atoms with Crippen LogP contribution in [0.5, 0.6) is 5.75 Å². The molecule has 1 aromatic heterocycles. The van der Waals surface area contributed by atoms with Crippen LogP contribution in [-0.2, 0) is 9.59 Å². The lowest BCUT2D eigenvalue weighted by Crippen LogP contribution is -2.51. The number of fused-ring (bicyclic) bond motifs is 1. The van der Waals surface area contributed by atoms with Crippen molar-refractivity contribution in [3.63, 3.8) is 0 Å². The standard InChI is InChI=1S/C23H29N3O3S/c1-4-20-23(28)26(13-22(27)25(3)17-8-6-5-7-9-17)19-12-16(10-11-21(19)29-20)18-14-30-15(2)24-18/h10-12,14,17,20H,4-9,13H2,1-3H3. The van der Waals surface area contributed by atoms with Gasteiger partial charge < -0.3 is 9.64 Å². The first-order chi connectivity index (χ1) is 14.5. The molecule has 7 heteroatoms. The number of nitrogens with zero attached hydrogens (tertiary/aromatic N) is 3. The summed E-state index contributed by atoms with van der Waals surface area (Å²) < 4.78 is 5.94. The lowest BCUT2D eigenvalue weighted by atomic mass is 9.94. The van der Waals surface area contributed by atoms with E-state index in [-0.39, 0.29) is 24.4 Å². The van der Waals surface area contributed by atoms with E-state index >= 15 is 0 Å². The van der Waals surface area contributed by atoms with Gasteiger partial charge in [-0.05, 0) is 44.4 Å². The van der Waals surface area contributed by atoms with E-state index in [1.807, 2.05) is 49.4 Å². The second-order valence-corrected chi connectivity index (χ2v) is 9.23. The van der Waals surface area contributed by atoms with Gasteiger partial charge in [0, 0.05) is 24.0 Å². The van der Waals surface area contributed by atoms with Crippen LogP contribution in [-0.4, -0.2) is 47.4 Å². The molecular weight excluding hydrogens is 398 g/mol. The Hall–Kier alpha value is -2.41. The molecule has 4 rings (SSSR count). The largest absolute Gasteiger partial charge is 0.478 e. The molecule has 0 spiro atoms. The fraction of sp³-hybridized carbons (Fsp3) is 0.522. The molecule has 1 aliphatic heterocycles. The Morgan fingerprint density at radius 1 is 1.30 bits per heavy atom. The molecule has 30 heavy (non-hydrogen) atoms. The normalized spacial score (nSPS) is 19.4. The Bertz CT molecular complexity index is 936. The van der Waals surface area contributed by atoms with Crippen molar-refractivity contribution >= 4 is 28.8 Å². The summed E-state index contributed by atoms with van der Waals surface area (Å²) in [5.74, 6) is 0.472. The van der Waals surface area contributed by atoms with Gasteiger partial charge in [0.25, 0.3) is 5.91 Å². The average molecular weight is 428 g/mol. The number of aryl methyl sites for hydroxylation is 1. The maximum Gasteiger partial charge on any atom is 0.268 e. The predicted octanol–water partition coefficient (Wildman–Crippen LogP) is 4.41. The Kier molecular flexibility index (Phi) is 6.09. The van der Waals surface area contributed by atoms with E-state index < -0.39 is 6.10 Å². The molecule has 1 unspecified atom stereocenters. The maximum absolute atomic E-state index is 13.1. The first-order valence-corrected chi connectivity index (χ1v) is 11.7. The Labute approximate surface area is 181 Å². The Morgan fingerprint density at radius 2 is 2.07 bits per heavy atom. The number of ether oxygens (including phenoxy) is 1. The number of rotatable bonds is 5. The molecule has 1 aliphatic carbocycles. The fourth-order valence-electron chi connectivity index (χ4n) is 4.32. The summed E-state index contributed by atoms with van der Waals surface area (Å²) in [6.45, 7) is 3.93. The van der Waals surface area contributed by atoms with Gasteiger partial charge in [-0.3, -0.25) is 14.5 Å². The molecule has 2 amide bonds. The molecule has 1 aromatic carbocycles. The van der Waals surface area contributed by atoms with Crippen LogP contribution in [0.25, 0.3) is 11.3 Å². The van der Waals surface area contributed by atoms with Gasteiger partial charge in [0.2, 0.25) is 5.91 Å². The Morgan fingerprint density at radius 3 is 2.73 bits per heavy atom. The van der Waals surface area contributed by atoms with Gasteiger partial charge in [-0.15, -0.1) is 11.3 Å². The van der Waals surface area contributed by atoms with Gasteiger partial charge >= 0.3 is 0 Å². The monoisotopic (exact) mass is 427 g/mol. The number of likely N-dealkylation sites (N-methyl/N-ethyl adjacent to an activating group) is 1. The third-order valence-electron chi connectivity index (χ3n) is 6.16. The second-order valence-electron chi connectivity index (χ2n) is 8.17. The number of aromatic nitrogens is 1. The molecule has 2 aromatic rings. The van der Waals surface area contributed by atoms with Crippen molar-refractivity contribution in [2.75, 3.05) is 18.5 Å². The fourth-order valence-corrected chi connectivity index (χ4v) is 4.94. The van der Waals surface area contributed by atoms with Crippen LogP contribution in [0.4, 0.5) is 5.69 Å². The maximum atomic E-state index is 13.1. The molecule has 6 nitrogen and oxygen atoms in total. The quantitative estimate of drug-likeness (QED) is 0.709. The van der Waals surface area contributed by atoms with Crippen molar-refractivity contribution in [2.45, 2.75) is 64.5 Å². The number of carbonyl (C=O) groups excluding carboxylic acids is 2. The average Bonchev–Trinajstić information content (AvgIpc) is 3.21. The molecule has 0 N–H and O–H groups in total. The molecule has 2 aliphatic rings. The lowest BCUT2D eigenvalue weighted by Gasteiger charge is -2.36. The molecule has 1 saturated carbocycles. The summed E-state index contributed by atoms with van der Waals surface area (Å²) in [5, 5.41) is 2.99. The summed E-state index contributed by atoms with van der Waals surface area (Å²) in [6, 6.07) is 6.04. The van der Waals surface area contributed by atoms with Crippen LogP contribution < -0.4 is 9.64 Å². The zero-order valence-electron chi connectivity index (χ0n) is 17.9. The first kappa shape index (κ1) is 20.8. The van der Waals surface area contributed by atoms with Gasteiger partial charge in [0.1, 0.15) is 12.3 Å². The second kappa shape index (κ2) is 8.76. The van der Waals surface area contributed by atoms with Crippen LogP contribution >= 0.6 is 11.3 Å². The molecule has 0 radical (unpaired) electrons. The van der Waals surface area contributed by atoms with E-state index in [2.05, 4.69) is 4.98 Å². The van der Waals surface area contributed by atoms with Crippen molar-refractivity contribution in [1.82, 2.24) is 9.88 Å². The lowest BCUT2D eigenvalue weighted by molar-refractivity contribution is -0.134. The van der Waals surface area contributed by atoms with Crippen molar-refractivity contribution < 1.29 is 14.3 Å². The minimum Gasteiger partial charge on any atom is -0.478 e. The third kappa shape index (κ3) is 4.08. The Balaban J connectivity index is 1.62. The van der Waals surface area contributed by atoms with Gasteiger partial charge in [-0.25, -0.2) is 4.98 Å². The highest BCUT2D eigenvalue weighted by atomic mass is 32.1. The number of amides is 2. The topological polar surface area (TPSA) is 62.7 Å². The van der Waals surface area contributed by atoms with Crippen molar-refractivity contribution in [3.8, 4) is 17.0 Å². The highest BCUT2D eigenvalue weighted by molar-refractivity contribution is 7.09. The van der Waals surface area contributed by atoms with E-state index in [4.69, 9.17) is 4.74 Å². The molecule has 1 fully saturated rings. The molecule has 0 saturated heterocycles. The zero-order chi connectivity index (χ0) is 21.3. The summed E-state index contributed by atoms with van der Waals surface area (Å²) in [5.41, 5.74) is 2.44. The van der Waals surface area contributed by atoms with Crippen molar-refractivity contribution in [1.29, 1.82) is 0 Å². The van der Waals surface area contributed by atoms with Crippen LogP contribution in [0, 0.1) is 6.92 Å². The highest BCUT2D eigenvalue weighted by Gasteiger charge is 2.36. The van der Waals surface area contributed by atoms with E-state index in [1.54, 1.807) is 16.2 Å². The molecule has 0 bridgehead atoms. The van der Waals surface area contributed by atoms with Crippen molar-refractivity contribution in [3.05, 3.63) is 28.6 Å². The minimum absolute atomic E-state index is 0.0205. The van der Waals surface area contributed by atoms with E-state index in [9.17, 15) is 9.59 Å². The number of hydrogen-bond donors (Lipinski definition) is 0. The predicted molar refractivity (Wildman–Crippen MR) is 119 cm³/mol.